The molecule has 1 aliphatic carbocycles. The molecule has 3 rings (SSSR count). The number of hydrogen-bond acceptors (Lipinski definition) is 2. The van der Waals surface area contributed by atoms with E-state index in [-0.39, 0.29) is 7.43 Å². The zero-order chi connectivity index (χ0) is 25.2. The minimum atomic E-state index is -10.7. The Morgan fingerprint density at radius 3 is 1.09 bits per heavy atom. The summed E-state index contributed by atoms with van der Waals surface area (Å²) in [5.74, 6) is 1.47. The van der Waals surface area contributed by atoms with Crippen molar-refractivity contribution >= 4 is 19.2 Å². The first kappa shape index (κ1) is 33.4. The van der Waals surface area contributed by atoms with E-state index in [0.29, 0.717) is 0 Å². The van der Waals surface area contributed by atoms with Gasteiger partial charge in [0.15, 0.2) is 0 Å². The first-order chi connectivity index (χ1) is 14.3. The number of allylic oxidation sites excluding steroid dienone is 4. The summed E-state index contributed by atoms with van der Waals surface area (Å²) in [6.45, 7) is 11.0. The van der Waals surface area contributed by atoms with E-state index in [1.165, 1.54) is 47.8 Å². The average molecular weight is 663 g/mol. The third-order valence-corrected chi connectivity index (χ3v) is 5.23. The van der Waals surface area contributed by atoms with Crippen molar-refractivity contribution in [3.8, 4) is 0 Å². The second kappa shape index (κ2) is 12.6. The molecular weight excluding hydrogens is 633 g/mol. The topological polar surface area (TPSA) is 38.4 Å². The Morgan fingerprint density at radius 1 is 0.636 bits per heavy atom. The number of para-hydroxylation sites is 1. The van der Waals surface area contributed by atoms with Gasteiger partial charge in [0.25, 0.3) is 0 Å². The molecule has 2 aromatic carbocycles. The fourth-order valence-electron chi connectivity index (χ4n) is 2.35. The molecule has 0 spiro atoms. The van der Waals surface area contributed by atoms with Gasteiger partial charge >= 0.3 is 92.1 Å². The number of nitrogens with two attached hydrogens (primary N) is 1. The Bertz CT molecular complexity index is 906. The van der Waals surface area contributed by atoms with Crippen LogP contribution in [0.1, 0.15) is 34.6 Å². The Hall–Kier alpha value is -1.78. The van der Waals surface area contributed by atoms with Crippen LogP contribution in [0.25, 0.3) is 0 Å². The maximum absolute atomic E-state index is 10.7. The summed E-state index contributed by atoms with van der Waals surface area (Å²) >= 11 is 1.26. The summed E-state index contributed by atoms with van der Waals surface area (Å²) in [6, 6.07) is 19.4. The first-order valence-corrected chi connectivity index (χ1v) is 12.6. The van der Waals surface area contributed by atoms with Crippen molar-refractivity contribution in [2.75, 3.05) is 5.73 Å². The van der Waals surface area contributed by atoms with E-state index >= 15 is 0 Å². The summed E-state index contributed by atoms with van der Waals surface area (Å²) < 4.78 is 63.2. The predicted octanol–water partition coefficient (Wildman–Crippen LogP) is 10.4. The molecule has 0 aliphatic heterocycles. The van der Waals surface area contributed by atoms with Crippen LogP contribution in [0, 0.1) is 13.3 Å². The van der Waals surface area contributed by atoms with Gasteiger partial charge in [-0.25, -0.2) is 0 Å². The molecule has 2 nitrogen and oxygen atoms in total. The van der Waals surface area contributed by atoms with Crippen molar-refractivity contribution in [2.24, 2.45) is 3.50 Å². The molecule has 187 valence electrons. The van der Waals surface area contributed by atoms with Crippen LogP contribution in [-0.2, 0) is 19.6 Å². The molecule has 0 fully saturated rings. The number of nitrogen functional groups attached to an aromatic ring is 1. The molecule has 0 unspecified atom stereocenters. The summed E-state index contributed by atoms with van der Waals surface area (Å²) in [5, 5.41) is 0. The van der Waals surface area contributed by atoms with Crippen LogP contribution in [0.15, 0.2) is 86.5 Å². The molecule has 10 heteroatoms. The second-order valence-electron chi connectivity index (χ2n) is 6.92. The van der Waals surface area contributed by atoms with E-state index in [2.05, 4.69) is 38.1 Å². The minimum absolute atomic E-state index is 0. The molecular formula is C23H30F6N2PW-2. The zero-order valence-electron chi connectivity index (χ0n) is 19.4. The number of nitrogens with zero attached hydrogens (tertiary/aromatic N) is 1. The Labute approximate surface area is 204 Å². The molecule has 0 bridgehead atoms. The molecule has 0 saturated heterocycles. The van der Waals surface area contributed by atoms with Crippen LogP contribution in [-0.4, -0.2) is 0 Å². The maximum atomic E-state index is 9.87. The van der Waals surface area contributed by atoms with Crippen LogP contribution < -0.4 is 5.73 Å². The van der Waals surface area contributed by atoms with Gasteiger partial charge in [-0.3, -0.25) is 0 Å². The molecule has 33 heavy (non-hydrogen) atoms. The number of benzene rings is 2. The molecule has 0 atom stereocenters. The Morgan fingerprint density at radius 2 is 0.939 bits per heavy atom. The van der Waals surface area contributed by atoms with E-state index in [0.717, 1.165) is 11.4 Å². The Balaban J connectivity index is 0. The SMILES string of the molecule is C[C]1C(C)=C(C)C(C)=C1C.F[P-](F)(F)(F)(F)F.Nc1ccccc1.[CH3-].[W]=[N]c1ccccc1. The quantitative estimate of drug-likeness (QED) is 0.140. The van der Waals surface area contributed by atoms with E-state index in [1.54, 1.807) is 0 Å². The fourth-order valence-corrected chi connectivity index (χ4v) is 2.79. The average Bonchev–Trinajstić information content (AvgIpc) is 2.85. The number of anilines is 1. The molecule has 0 aromatic heterocycles. The van der Waals surface area contributed by atoms with Gasteiger partial charge < -0.3 is 13.2 Å². The van der Waals surface area contributed by atoms with Crippen molar-refractivity contribution in [3.05, 3.63) is 96.3 Å². The number of halogens is 6. The third kappa shape index (κ3) is 18.3. The standard InChI is InChI=1S/C10H15.C6H7N.C6H5N.CH3.F6P.W/c1-6-7(2)9(4)10(5)8(6)3;2*7-6-4-2-1-3-5-6;;1-7(2,3,4,5)6;/h1-5H3;1-5H,7H2;1-5H;1H3;;/q;;;2*-1;. The Kier molecular flexibility index (Phi) is 12.8. The summed E-state index contributed by atoms with van der Waals surface area (Å²) in [4.78, 5) is 0. The van der Waals surface area contributed by atoms with E-state index < -0.39 is 7.81 Å². The van der Waals surface area contributed by atoms with Gasteiger partial charge in [0.05, 0.1) is 0 Å². The van der Waals surface area contributed by atoms with Crippen molar-refractivity contribution in [2.45, 2.75) is 34.6 Å². The summed E-state index contributed by atoms with van der Waals surface area (Å²) in [7, 11) is -10.7. The van der Waals surface area contributed by atoms with Crippen LogP contribution in [0.5, 0.6) is 0 Å². The van der Waals surface area contributed by atoms with Gasteiger partial charge in [0.2, 0.25) is 0 Å². The van der Waals surface area contributed by atoms with Crippen LogP contribution >= 0.6 is 7.81 Å². The van der Waals surface area contributed by atoms with Gasteiger partial charge in [-0.1, -0.05) is 36.3 Å². The molecule has 0 amide bonds. The number of rotatable bonds is 1. The van der Waals surface area contributed by atoms with Gasteiger partial charge in [-0.15, -0.1) is 0 Å². The van der Waals surface area contributed by atoms with Crippen molar-refractivity contribution in [3.63, 3.8) is 0 Å². The van der Waals surface area contributed by atoms with Crippen LogP contribution in [0.4, 0.5) is 36.6 Å². The normalized spacial score (nSPS) is 15.2. The monoisotopic (exact) mass is 663 g/mol. The molecule has 0 saturated carbocycles. The molecule has 2 aromatic rings. The van der Waals surface area contributed by atoms with E-state index in [4.69, 9.17) is 5.73 Å². The first-order valence-electron chi connectivity index (χ1n) is 9.28. The van der Waals surface area contributed by atoms with Crippen molar-refractivity contribution in [1.29, 1.82) is 0 Å². The zero-order valence-corrected chi connectivity index (χ0v) is 23.2. The van der Waals surface area contributed by atoms with Gasteiger partial charge in [-0.2, -0.15) is 0 Å². The molecule has 1 radical (unpaired) electrons. The summed E-state index contributed by atoms with van der Waals surface area (Å²) in [5.41, 5.74) is 13.1. The van der Waals surface area contributed by atoms with Gasteiger partial charge in [0.1, 0.15) is 0 Å². The summed E-state index contributed by atoms with van der Waals surface area (Å²) in [6.07, 6.45) is 0. The fraction of sp³-hybridized carbons (Fsp3) is 0.217. The second-order valence-corrected chi connectivity index (χ2v) is 9.49. The predicted molar refractivity (Wildman–Crippen MR) is 125 cm³/mol. The molecule has 2 N–H and O–H groups in total. The van der Waals surface area contributed by atoms with Crippen LogP contribution in [0.2, 0.25) is 0 Å². The molecule has 1 aliphatic rings. The molecule has 0 heterocycles. The van der Waals surface area contributed by atoms with Crippen LogP contribution in [0.3, 0.4) is 0 Å². The van der Waals surface area contributed by atoms with Crippen molar-refractivity contribution in [1.82, 2.24) is 0 Å². The van der Waals surface area contributed by atoms with Gasteiger partial charge in [-0.05, 0) is 51.0 Å². The van der Waals surface area contributed by atoms with E-state index in [1.807, 2.05) is 60.7 Å². The van der Waals surface area contributed by atoms with E-state index in [9.17, 15) is 25.2 Å². The van der Waals surface area contributed by atoms with Gasteiger partial charge in [0, 0.05) is 11.6 Å². The number of hydrogen-bond donors (Lipinski definition) is 1. The van der Waals surface area contributed by atoms with Crippen molar-refractivity contribution < 1.29 is 44.8 Å². The third-order valence-electron chi connectivity index (χ3n) is 4.47.